The van der Waals surface area contributed by atoms with Crippen LogP contribution in [0.2, 0.25) is 0 Å². The number of thioether (sulfide) groups is 1. The Morgan fingerprint density at radius 3 is 2.79 bits per heavy atom. The lowest BCUT2D eigenvalue weighted by molar-refractivity contribution is -0.384. The third-order valence-electron chi connectivity index (χ3n) is 4.77. The maximum atomic E-state index is 12.0. The lowest BCUT2D eigenvalue weighted by atomic mass is 10.2. The van der Waals surface area contributed by atoms with Crippen molar-refractivity contribution in [3.05, 3.63) is 50.0 Å². The number of rotatable bonds is 10. The predicted molar refractivity (Wildman–Crippen MR) is 116 cm³/mol. The Morgan fingerprint density at radius 2 is 2.06 bits per heavy atom. The minimum atomic E-state index is -0.664. The van der Waals surface area contributed by atoms with Crippen molar-refractivity contribution in [3.63, 3.8) is 0 Å². The highest BCUT2D eigenvalue weighted by Crippen LogP contribution is 2.28. The molecule has 0 N–H and O–H groups in total. The summed E-state index contributed by atoms with van der Waals surface area (Å²) in [6.07, 6.45) is 2.00. The molecular formula is C20H21N3O9S. The Morgan fingerprint density at radius 1 is 1.27 bits per heavy atom. The first-order valence-electron chi connectivity index (χ1n) is 9.96. The van der Waals surface area contributed by atoms with E-state index in [2.05, 4.69) is 4.74 Å². The van der Waals surface area contributed by atoms with E-state index in [-0.39, 0.29) is 42.5 Å². The number of aromatic nitrogens is 1. The quantitative estimate of drug-likeness (QED) is 0.162. The van der Waals surface area contributed by atoms with Crippen molar-refractivity contribution < 1.29 is 33.2 Å². The number of hydrogen-bond acceptors (Lipinski definition) is 10. The van der Waals surface area contributed by atoms with E-state index >= 15 is 0 Å². The number of oxazole rings is 1. The normalized spacial score (nSPS) is 14.8. The van der Waals surface area contributed by atoms with Crippen LogP contribution in [0.3, 0.4) is 0 Å². The van der Waals surface area contributed by atoms with Gasteiger partial charge in [-0.05, 0) is 18.9 Å². The molecule has 13 heteroatoms. The maximum Gasteiger partial charge on any atom is 0.419 e. The molecule has 0 radical (unpaired) electrons. The van der Waals surface area contributed by atoms with E-state index in [0.717, 1.165) is 0 Å². The number of aryl methyl sites for hydroxylation is 1. The number of carbonyl (C=O) groups excluding carboxylic acids is 3. The van der Waals surface area contributed by atoms with Crippen LogP contribution in [0.25, 0.3) is 11.1 Å². The van der Waals surface area contributed by atoms with Crippen LogP contribution in [0.15, 0.2) is 38.5 Å². The van der Waals surface area contributed by atoms with Crippen LogP contribution in [-0.2, 0) is 30.4 Å². The number of methoxy groups -OCH3 is 1. The summed E-state index contributed by atoms with van der Waals surface area (Å²) in [5, 5.41) is 11.3. The monoisotopic (exact) mass is 479 g/mol. The smallest absolute Gasteiger partial charge is 0.419 e. The minimum Gasteiger partial charge on any atom is -0.466 e. The van der Waals surface area contributed by atoms with Gasteiger partial charge in [0, 0.05) is 25.6 Å². The van der Waals surface area contributed by atoms with Gasteiger partial charge in [0.25, 0.3) is 5.69 Å². The third-order valence-corrected chi connectivity index (χ3v) is 5.79. The van der Waals surface area contributed by atoms with Crippen molar-refractivity contribution in [3.8, 4) is 0 Å². The van der Waals surface area contributed by atoms with Gasteiger partial charge in [-0.3, -0.25) is 24.3 Å². The molecule has 1 aromatic carbocycles. The highest BCUT2D eigenvalue weighted by atomic mass is 32.2. The zero-order valence-electron chi connectivity index (χ0n) is 17.7. The van der Waals surface area contributed by atoms with Gasteiger partial charge in [-0.1, -0.05) is 11.8 Å². The molecule has 2 aromatic rings. The second-order valence-electron chi connectivity index (χ2n) is 6.95. The molecule has 1 amide bonds. The van der Waals surface area contributed by atoms with Crippen LogP contribution >= 0.6 is 11.8 Å². The highest BCUT2D eigenvalue weighted by Gasteiger charge is 2.27. The molecule has 1 fully saturated rings. The van der Waals surface area contributed by atoms with Crippen molar-refractivity contribution in [2.45, 2.75) is 25.8 Å². The predicted octanol–water partition coefficient (Wildman–Crippen LogP) is 1.81. The Balaban J connectivity index is 1.43. The lowest BCUT2D eigenvalue weighted by Crippen LogP contribution is -2.27. The molecule has 12 nitrogen and oxygen atoms in total. The van der Waals surface area contributed by atoms with Gasteiger partial charge in [-0.2, -0.15) is 0 Å². The number of ether oxygens (including phenoxy) is 2. The topological polar surface area (TPSA) is 151 Å². The summed E-state index contributed by atoms with van der Waals surface area (Å²) in [7, 11) is 1.25. The fourth-order valence-corrected chi connectivity index (χ4v) is 4.13. The van der Waals surface area contributed by atoms with Gasteiger partial charge in [0.2, 0.25) is 5.91 Å². The molecule has 0 spiro atoms. The third kappa shape index (κ3) is 6.00. The number of nitro groups is 1. The largest absolute Gasteiger partial charge is 0.466 e. The van der Waals surface area contributed by atoms with Gasteiger partial charge in [-0.15, -0.1) is 0 Å². The maximum absolute atomic E-state index is 12.0. The minimum absolute atomic E-state index is 0.0537. The van der Waals surface area contributed by atoms with E-state index in [1.807, 2.05) is 0 Å². The zero-order valence-corrected chi connectivity index (χ0v) is 18.5. The summed E-state index contributed by atoms with van der Waals surface area (Å²) in [4.78, 5) is 59.0. The number of benzene rings is 1. The molecule has 0 saturated carbocycles. The number of fused-ring (bicyclic) bond motifs is 1. The van der Waals surface area contributed by atoms with Crippen LogP contribution in [0, 0.1) is 10.1 Å². The molecule has 33 heavy (non-hydrogen) atoms. The van der Waals surface area contributed by atoms with Gasteiger partial charge in [-0.25, -0.2) is 9.59 Å². The van der Waals surface area contributed by atoms with Crippen LogP contribution in [-0.4, -0.2) is 58.3 Å². The first-order chi connectivity index (χ1) is 15.8. The van der Waals surface area contributed by atoms with Gasteiger partial charge < -0.3 is 18.8 Å². The molecule has 1 aliphatic heterocycles. The van der Waals surface area contributed by atoms with Crippen molar-refractivity contribution in [2.75, 3.05) is 26.0 Å². The lowest BCUT2D eigenvalue weighted by Gasteiger charge is -2.16. The number of carbonyl (C=O) groups is 3. The summed E-state index contributed by atoms with van der Waals surface area (Å²) >= 11 is 1.24. The van der Waals surface area contributed by atoms with E-state index < -0.39 is 22.6 Å². The number of nitrogens with zero attached hydrogens (tertiary/aromatic N) is 3. The molecule has 2 heterocycles. The average molecular weight is 479 g/mol. The Labute approximate surface area is 191 Å². The number of esters is 2. The fraction of sp³-hybridized carbons (Fsp3) is 0.400. The number of non-ortho nitro benzene ring substituents is 1. The van der Waals surface area contributed by atoms with Crippen LogP contribution < -0.4 is 5.76 Å². The van der Waals surface area contributed by atoms with E-state index in [1.54, 1.807) is 0 Å². The summed E-state index contributed by atoms with van der Waals surface area (Å²) in [5.41, 5.74) is 0.323. The number of nitro benzene ring substituents is 1. The van der Waals surface area contributed by atoms with Gasteiger partial charge >= 0.3 is 17.7 Å². The molecule has 1 saturated heterocycles. The summed E-state index contributed by atoms with van der Waals surface area (Å²) in [6.45, 7) is 0.571. The van der Waals surface area contributed by atoms with Gasteiger partial charge in [0.05, 0.1) is 47.1 Å². The molecule has 3 rings (SSSR count). The summed E-state index contributed by atoms with van der Waals surface area (Å²) in [6, 6.07) is 3.88. The highest BCUT2D eigenvalue weighted by molar-refractivity contribution is 8.04. The van der Waals surface area contributed by atoms with Crippen molar-refractivity contribution in [2.24, 2.45) is 0 Å². The van der Waals surface area contributed by atoms with Crippen LogP contribution in [0.5, 0.6) is 0 Å². The van der Waals surface area contributed by atoms with Crippen molar-refractivity contribution in [1.29, 1.82) is 0 Å². The molecule has 1 aromatic heterocycles. The number of hydrogen-bond donors (Lipinski definition) is 0. The molecular weight excluding hydrogens is 458 g/mol. The summed E-state index contributed by atoms with van der Waals surface area (Å²) < 4.78 is 16.1. The standard InChI is InChI=1S/C20H21N3O9S/c1-30-19(26)11-17-22(16(24)12-33-17)8-3-9-31-18(25)4-2-7-21-14-6-5-13(23(28)29)10-15(14)32-20(21)27/h5-6,10-11H,2-4,7-9,12H2,1H3/b17-11+. The number of amides is 1. The van der Waals surface area contributed by atoms with E-state index in [0.29, 0.717) is 29.9 Å². The molecule has 0 unspecified atom stereocenters. The van der Waals surface area contributed by atoms with Gasteiger partial charge in [0.15, 0.2) is 5.58 Å². The SMILES string of the molecule is COC(=O)/C=C1/SCC(=O)N1CCCOC(=O)CCCn1c(=O)oc2cc([N+](=O)[O-])ccc21. The average Bonchev–Trinajstić information content (AvgIpc) is 3.29. The van der Waals surface area contributed by atoms with Crippen LogP contribution in [0.4, 0.5) is 5.69 Å². The fourth-order valence-electron chi connectivity index (χ4n) is 3.17. The molecule has 0 aliphatic carbocycles. The Bertz CT molecular complexity index is 1170. The first kappa shape index (κ1) is 24.0. The van der Waals surface area contributed by atoms with E-state index in [4.69, 9.17) is 9.15 Å². The van der Waals surface area contributed by atoms with Crippen LogP contribution in [0.1, 0.15) is 19.3 Å². The Hall–Kier alpha value is -3.61. The van der Waals surface area contributed by atoms with Crippen molar-refractivity contribution >= 4 is 46.4 Å². The second kappa shape index (κ2) is 10.8. The van der Waals surface area contributed by atoms with Crippen molar-refractivity contribution in [1.82, 2.24) is 9.47 Å². The van der Waals surface area contributed by atoms with Gasteiger partial charge in [0.1, 0.15) is 0 Å². The molecule has 176 valence electrons. The molecule has 0 atom stereocenters. The Kier molecular flexibility index (Phi) is 7.87. The second-order valence-corrected chi connectivity index (χ2v) is 7.94. The summed E-state index contributed by atoms with van der Waals surface area (Å²) in [5.74, 6) is -1.57. The zero-order chi connectivity index (χ0) is 24.0. The molecule has 0 bridgehead atoms. The van der Waals surface area contributed by atoms with E-state index in [9.17, 15) is 29.3 Å². The first-order valence-corrected chi connectivity index (χ1v) is 10.9. The van der Waals surface area contributed by atoms with E-state index in [1.165, 1.54) is 52.6 Å². The molecule has 1 aliphatic rings.